The first-order valence-electron chi connectivity index (χ1n) is 8.32. The van der Waals surface area contributed by atoms with E-state index >= 15 is 0 Å². The van der Waals surface area contributed by atoms with Gasteiger partial charge in [-0.25, -0.2) is 0 Å². The van der Waals surface area contributed by atoms with E-state index in [2.05, 4.69) is 48.3 Å². The second kappa shape index (κ2) is 8.89. The van der Waals surface area contributed by atoms with E-state index in [1.165, 1.54) is 18.4 Å². The summed E-state index contributed by atoms with van der Waals surface area (Å²) in [4.78, 5) is 0. The molecule has 0 aromatic carbocycles. The summed E-state index contributed by atoms with van der Waals surface area (Å²) in [5.41, 5.74) is 1.22. The molecule has 0 saturated heterocycles. The lowest BCUT2D eigenvalue weighted by Crippen LogP contribution is -2.20. The van der Waals surface area contributed by atoms with Gasteiger partial charge in [-0.2, -0.15) is 5.26 Å². The van der Waals surface area contributed by atoms with Crippen molar-refractivity contribution >= 4 is 0 Å². The number of nitrogens with zero attached hydrogens (tertiary/aromatic N) is 2. The van der Waals surface area contributed by atoms with Crippen LogP contribution in [0.4, 0.5) is 0 Å². The molecule has 1 heterocycles. The average Bonchev–Trinajstić information content (AvgIpc) is 2.92. The van der Waals surface area contributed by atoms with Gasteiger partial charge in [0.15, 0.2) is 0 Å². The summed E-state index contributed by atoms with van der Waals surface area (Å²) < 4.78 is 2.29. The lowest BCUT2D eigenvalue weighted by atomic mass is 9.89. The van der Waals surface area contributed by atoms with E-state index in [1.807, 2.05) is 13.8 Å². The highest BCUT2D eigenvalue weighted by Gasteiger charge is 2.15. The zero-order chi connectivity index (χ0) is 15.7. The number of aryl methyl sites for hydroxylation is 1. The van der Waals surface area contributed by atoms with Gasteiger partial charge in [-0.05, 0) is 51.3 Å². The maximum atomic E-state index is 9.01. The molecule has 0 saturated carbocycles. The van der Waals surface area contributed by atoms with Crippen molar-refractivity contribution in [2.24, 2.45) is 5.41 Å². The monoisotopic (exact) mass is 289 g/mol. The molecule has 0 aliphatic carbocycles. The second-order valence-corrected chi connectivity index (χ2v) is 6.53. The molecule has 1 atom stereocenters. The highest BCUT2D eigenvalue weighted by Crippen LogP contribution is 2.22. The fourth-order valence-corrected chi connectivity index (χ4v) is 2.64. The summed E-state index contributed by atoms with van der Waals surface area (Å²) >= 11 is 0. The number of unbranched alkanes of at least 4 members (excludes halogenated alkanes) is 1. The molecule has 1 N–H and O–H groups in total. The maximum absolute atomic E-state index is 9.01. The van der Waals surface area contributed by atoms with Gasteiger partial charge in [0.1, 0.15) is 0 Å². The highest BCUT2D eigenvalue weighted by molar-refractivity contribution is 5.15. The highest BCUT2D eigenvalue weighted by atomic mass is 15.0. The normalized spacial score (nSPS) is 13.1. The minimum Gasteiger partial charge on any atom is -0.354 e. The molecular weight excluding hydrogens is 258 g/mol. The van der Waals surface area contributed by atoms with Gasteiger partial charge in [-0.1, -0.05) is 26.7 Å². The van der Waals surface area contributed by atoms with E-state index in [0.29, 0.717) is 6.04 Å². The first kappa shape index (κ1) is 17.8. The van der Waals surface area contributed by atoms with Crippen LogP contribution in [0, 0.1) is 16.7 Å². The number of nitrogens with one attached hydrogen (secondary N) is 1. The van der Waals surface area contributed by atoms with Crippen LogP contribution in [-0.4, -0.2) is 11.1 Å². The topological polar surface area (TPSA) is 40.8 Å². The maximum Gasteiger partial charge on any atom is 0.0683 e. The predicted octanol–water partition coefficient (Wildman–Crippen LogP) is 4.66. The fourth-order valence-electron chi connectivity index (χ4n) is 2.64. The van der Waals surface area contributed by atoms with E-state index < -0.39 is 0 Å². The summed E-state index contributed by atoms with van der Waals surface area (Å²) in [6.07, 6.45) is 10.1. The van der Waals surface area contributed by atoms with Crippen molar-refractivity contribution in [1.29, 1.82) is 5.26 Å². The number of hydrogen-bond donors (Lipinski definition) is 1. The van der Waals surface area contributed by atoms with Crippen LogP contribution in [0.1, 0.15) is 71.4 Å². The van der Waals surface area contributed by atoms with Gasteiger partial charge in [0.2, 0.25) is 0 Å². The summed E-state index contributed by atoms with van der Waals surface area (Å²) in [6.45, 7) is 10.5. The van der Waals surface area contributed by atoms with Crippen LogP contribution in [0.25, 0.3) is 0 Å². The van der Waals surface area contributed by atoms with E-state index in [0.717, 1.165) is 32.4 Å². The molecule has 0 aliphatic heterocycles. The molecule has 0 fully saturated rings. The summed E-state index contributed by atoms with van der Waals surface area (Å²) in [7, 11) is 0. The number of aromatic nitrogens is 1. The zero-order valence-electron chi connectivity index (χ0n) is 14.2. The third-order valence-electron chi connectivity index (χ3n) is 3.97. The molecule has 1 aromatic rings. The SMILES string of the molecule is CCCC(NCC)c1ccn(CCCCC(C)(C)C#N)c1. The summed E-state index contributed by atoms with van der Waals surface area (Å²) in [5, 5.41) is 12.6. The van der Waals surface area contributed by atoms with Crippen molar-refractivity contribution in [3.05, 3.63) is 24.0 Å². The van der Waals surface area contributed by atoms with Gasteiger partial charge < -0.3 is 9.88 Å². The van der Waals surface area contributed by atoms with Crippen molar-refractivity contribution in [3.8, 4) is 6.07 Å². The average molecular weight is 289 g/mol. The molecule has 1 unspecified atom stereocenters. The van der Waals surface area contributed by atoms with Crippen molar-refractivity contribution in [3.63, 3.8) is 0 Å². The Balaban J connectivity index is 2.43. The van der Waals surface area contributed by atoms with Gasteiger partial charge in [-0.15, -0.1) is 0 Å². The van der Waals surface area contributed by atoms with E-state index in [9.17, 15) is 0 Å². The first-order chi connectivity index (χ1) is 10.0. The third-order valence-corrected chi connectivity index (χ3v) is 3.97. The largest absolute Gasteiger partial charge is 0.354 e. The van der Waals surface area contributed by atoms with Crippen LogP contribution in [0.15, 0.2) is 18.5 Å². The minimum atomic E-state index is -0.181. The Bertz CT molecular complexity index is 434. The molecule has 0 spiro atoms. The first-order valence-corrected chi connectivity index (χ1v) is 8.32. The van der Waals surface area contributed by atoms with E-state index in [1.54, 1.807) is 0 Å². The molecule has 1 aromatic heterocycles. The van der Waals surface area contributed by atoms with Crippen LogP contribution < -0.4 is 5.32 Å². The van der Waals surface area contributed by atoms with Crippen LogP contribution in [-0.2, 0) is 6.54 Å². The molecule has 1 rings (SSSR count). The van der Waals surface area contributed by atoms with Crippen molar-refractivity contribution < 1.29 is 0 Å². The van der Waals surface area contributed by atoms with Gasteiger partial charge in [0, 0.05) is 25.0 Å². The number of nitriles is 1. The van der Waals surface area contributed by atoms with Crippen LogP contribution in [0.2, 0.25) is 0 Å². The van der Waals surface area contributed by atoms with Crippen LogP contribution in [0.5, 0.6) is 0 Å². The van der Waals surface area contributed by atoms with Crippen LogP contribution >= 0.6 is 0 Å². The quantitative estimate of drug-likeness (QED) is 0.636. The molecule has 0 bridgehead atoms. The molecular formula is C18H31N3. The van der Waals surface area contributed by atoms with Gasteiger partial charge in [-0.3, -0.25) is 0 Å². The lowest BCUT2D eigenvalue weighted by molar-refractivity contribution is 0.416. The summed E-state index contributed by atoms with van der Waals surface area (Å²) in [5.74, 6) is 0. The Morgan fingerprint density at radius 3 is 2.71 bits per heavy atom. The van der Waals surface area contributed by atoms with Crippen molar-refractivity contribution in [2.45, 2.75) is 72.4 Å². The Morgan fingerprint density at radius 2 is 2.10 bits per heavy atom. The molecule has 21 heavy (non-hydrogen) atoms. The number of rotatable bonds is 10. The fraction of sp³-hybridized carbons (Fsp3) is 0.722. The van der Waals surface area contributed by atoms with Gasteiger partial charge in [0.25, 0.3) is 0 Å². The molecule has 3 heteroatoms. The van der Waals surface area contributed by atoms with E-state index in [4.69, 9.17) is 5.26 Å². The molecule has 0 amide bonds. The van der Waals surface area contributed by atoms with E-state index in [-0.39, 0.29) is 5.41 Å². The Morgan fingerprint density at radius 1 is 1.33 bits per heavy atom. The zero-order valence-corrected chi connectivity index (χ0v) is 14.2. The predicted molar refractivity (Wildman–Crippen MR) is 89.0 cm³/mol. The third kappa shape index (κ3) is 6.35. The Kier molecular flexibility index (Phi) is 7.53. The smallest absolute Gasteiger partial charge is 0.0683 e. The van der Waals surface area contributed by atoms with Crippen LogP contribution in [0.3, 0.4) is 0 Å². The molecule has 118 valence electrons. The summed E-state index contributed by atoms with van der Waals surface area (Å²) in [6, 6.07) is 5.10. The standard InChI is InChI=1S/C18H31N3/c1-5-9-17(20-6-2)16-10-13-21(14-16)12-8-7-11-18(3,4)15-19/h10,13-14,17,20H,5-9,11-12H2,1-4H3. The van der Waals surface area contributed by atoms with Gasteiger partial charge in [0.05, 0.1) is 11.5 Å². The molecule has 0 aliphatic rings. The van der Waals surface area contributed by atoms with Gasteiger partial charge >= 0.3 is 0 Å². The Labute approximate surface area is 130 Å². The number of hydrogen-bond acceptors (Lipinski definition) is 2. The second-order valence-electron chi connectivity index (χ2n) is 6.53. The molecule has 0 radical (unpaired) electrons. The minimum absolute atomic E-state index is 0.181. The van der Waals surface area contributed by atoms with Crippen molar-refractivity contribution in [2.75, 3.05) is 6.54 Å². The lowest BCUT2D eigenvalue weighted by Gasteiger charge is -2.16. The molecule has 3 nitrogen and oxygen atoms in total. The Hall–Kier alpha value is -1.27. The van der Waals surface area contributed by atoms with Crippen molar-refractivity contribution in [1.82, 2.24) is 9.88 Å².